The number of nitrogens with one attached hydrogen (secondary N) is 2. The van der Waals surface area contributed by atoms with Crippen molar-refractivity contribution >= 4 is 22.7 Å². The molecule has 0 atom stereocenters. The molecule has 6 nitrogen and oxygen atoms in total. The van der Waals surface area contributed by atoms with Crippen LogP contribution in [0.25, 0.3) is 10.9 Å². The third kappa shape index (κ3) is 5.04. The second-order valence-corrected chi connectivity index (χ2v) is 9.82. The van der Waals surface area contributed by atoms with E-state index in [1.165, 1.54) is 5.56 Å². The van der Waals surface area contributed by atoms with Crippen molar-refractivity contribution in [2.45, 2.75) is 40.5 Å². The third-order valence-electron chi connectivity index (χ3n) is 6.19. The van der Waals surface area contributed by atoms with Gasteiger partial charge in [0.1, 0.15) is 0 Å². The van der Waals surface area contributed by atoms with Gasteiger partial charge in [0.25, 0.3) is 5.91 Å². The van der Waals surface area contributed by atoms with E-state index in [9.17, 15) is 9.59 Å². The molecule has 0 saturated carbocycles. The second-order valence-electron chi connectivity index (χ2n) is 9.82. The van der Waals surface area contributed by atoms with Crippen molar-refractivity contribution in [3.8, 4) is 0 Å². The summed E-state index contributed by atoms with van der Waals surface area (Å²) in [5.41, 5.74) is 4.14. The number of likely N-dealkylation sites (tertiary alicyclic amines) is 1. The smallest absolute Gasteiger partial charge is 0.253 e. The van der Waals surface area contributed by atoms with Gasteiger partial charge in [0.15, 0.2) is 0 Å². The predicted octanol–water partition coefficient (Wildman–Crippen LogP) is 3.34. The first-order chi connectivity index (χ1) is 14.1. The van der Waals surface area contributed by atoms with Crippen LogP contribution in [0.3, 0.4) is 0 Å². The van der Waals surface area contributed by atoms with Gasteiger partial charge in [-0.25, -0.2) is 0 Å². The van der Waals surface area contributed by atoms with Crippen molar-refractivity contribution < 1.29 is 9.59 Å². The molecule has 0 bridgehead atoms. The van der Waals surface area contributed by atoms with Crippen LogP contribution in [0.15, 0.2) is 18.2 Å². The fraction of sp³-hybridized carbons (Fsp3) is 0.583. The van der Waals surface area contributed by atoms with Gasteiger partial charge in [0.2, 0.25) is 5.91 Å². The number of hydrogen-bond acceptors (Lipinski definition) is 3. The number of amides is 2. The van der Waals surface area contributed by atoms with Crippen LogP contribution in [0.4, 0.5) is 0 Å². The highest BCUT2D eigenvalue weighted by Gasteiger charge is 2.29. The van der Waals surface area contributed by atoms with Crippen LogP contribution < -0.4 is 5.32 Å². The molecule has 1 fully saturated rings. The van der Waals surface area contributed by atoms with Crippen molar-refractivity contribution in [1.29, 1.82) is 0 Å². The molecule has 1 saturated heterocycles. The first kappa shape index (κ1) is 22.3. The molecule has 2 amide bonds. The minimum Gasteiger partial charge on any atom is -0.358 e. The summed E-state index contributed by atoms with van der Waals surface area (Å²) < 4.78 is 0. The van der Waals surface area contributed by atoms with Crippen LogP contribution in [-0.2, 0) is 4.79 Å². The van der Waals surface area contributed by atoms with E-state index in [0.29, 0.717) is 19.6 Å². The number of hydrogen-bond donors (Lipinski definition) is 2. The Morgan fingerprint density at radius 2 is 1.87 bits per heavy atom. The van der Waals surface area contributed by atoms with E-state index >= 15 is 0 Å². The van der Waals surface area contributed by atoms with Crippen LogP contribution in [0, 0.1) is 25.2 Å². The number of aryl methyl sites for hydroxylation is 2. The Bertz CT molecular complexity index is 921. The molecule has 1 aliphatic rings. The first-order valence-electron chi connectivity index (χ1n) is 10.9. The first-order valence-corrected chi connectivity index (χ1v) is 10.9. The van der Waals surface area contributed by atoms with Crippen molar-refractivity contribution in [3.63, 3.8) is 0 Å². The lowest BCUT2D eigenvalue weighted by Gasteiger charge is -2.33. The predicted molar refractivity (Wildman–Crippen MR) is 122 cm³/mol. The van der Waals surface area contributed by atoms with E-state index in [2.05, 4.69) is 36.0 Å². The molecule has 0 spiro atoms. The summed E-state index contributed by atoms with van der Waals surface area (Å²) in [6.07, 6.45) is 1.44. The van der Waals surface area contributed by atoms with Gasteiger partial charge in [-0.3, -0.25) is 9.59 Å². The Morgan fingerprint density at radius 1 is 1.20 bits per heavy atom. The maximum Gasteiger partial charge on any atom is 0.253 e. The molecule has 0 unspecified atom stereocenters. The molecule has 2 N–H and O–H groups in total. The molecule has 2 aromatic rings. The van der Waals surface area contributed by atoms with E-state index in [4.69, 9.17) is 0 Å². The van der Waals surface area contributed by atoms with Gasteiger partial charge in [-0.15, -0.1) is 0 Å². The average Bonchev–Trinajstić information content (AvgIpc) is 2.98. The lowest BCUT2D eigenvalue weighted by Crippen LogP contribution is -2.46. The summed E-state index contributed by atoms with van der Waals surface area (Å²) in [6, 6.07) is 5.87. The second kappa shape index (κ2) is 8.80. The zero-order valence-electron chi connectivity index (χ0n) is 19.3. The van der Waals surface area contributed by atoms with E-state index in [-0.39, 0.29) is 23.1 Å². The molecule has 1 aromatic heterocycles. The standard InChI is InChI=1S/C24H36N4O2/c1-16-17(2)26-21-8-7-19(13-20(16)21)23(30)28-11-9-18(10-12-28)22(29)25-14-24(3,4)15-27(5)6/h7-8,13,18,26H,9-12,14-15H2,1-6H3,(H,25,29). The van der Waals surface area contributed by atoms with Crippen molar-refractivity contribution in [2.75, 3.05) is 40.3 Å². The Kier molecular flexibility index (Phi) is 6.56. The number of carbonyl (C=O) groups is 2. The van der Waals surface area contributed by atoms with Crippen molar-refractivity contribution in [1.82, 2.24) is 20.1 Å². The Balaban J connectivity index is 1.55. The lowest BCUT2D eigenvalue weighted by atomic mass is 9.91. The zero-order chi connectivity index (χ0) is 22.1. The number of piperidine rings is 1. The summed E-state index contributed by atoms with van der Waals surface area (Å²) in [5.74, 6) is 0.163. The highest BCUT2D eigenvalue weighted by atomic mass is 16.2. The van der Waals surface area contributed by atoms with Crippen LogP contribution >= 0.6 is 0 Å². The third-order valence-corrected chi connectivity index (χ3v) is 6.19. The quantitative estimate of drug-likeness (QED) is 0.765. The van der Waals surface area contributed by atoms with Crippen LogP contribution in [0.5, 0.6) is 0 Å². The molecule has 0 radical (unpaired) electrons. The maximum atomic E-state index is 13.0. The van der Waals surface area contributed by atoms with Gasteiger partial charge >= 0.3 is 0 Å². The monoisotopic (exact) mass is 412 g/mol. The number of rotatable bonds is 6. The largest absolute Gasteiger partial charge is 0.358 e. The van der Waals surface area contributed by atoms with E-state index in [1.807, 2.05) is 44.1 Å². The van der Waals surface area contributed by atoms with Crippen LogP contribution in [0.1, 0.15) is 48.3 Å². The van der Waals surface area contributed by atoms with Crippen LogP contribution in [0.2, 0.25) is 0 Å². The summed E-state index contributed by atoms with van der Waals surface area (Å²) in [6.45, 7) is 11.3. The topological polar surface area (TPSA) is 68.4 Å². The molecule has 6 heteroatoms. The fourth-order valence-electron chi connectivity index (χ4n) is 4.50. The van der Waals surface area contributed by atoms with E-state index in [0.717, 1.165) is 41.5 Å². The number of benzene rings is 1. The molecule has 1 aromatic carbocycles. The van der Waals surface area contributed by atoms with Gasteiger partial charge in [0.05, 0.1) is 0 Å². The molecular formula is C24H36N4O2. The van der Waals surface area contributed by atoms with Gasteiger partial charge in [-0.05, 0) is 70.0 Å². The van der Waals surface area contributed by atoms with Gasteiger partial charge in [0, 0.05) is 54.3 Å². The van der Waals surface area contributed by atoms with E-state index < -0.39 is 0 Å². The number of fused-ring (bicyclic) bond motifs is 1. The fourth-order valence-corrected chi connectivity index (χ4v) is 4.50. The molecule has 30 heavy (non-hydrogen) atoms. The number of nitrogens with zero attached hydrogens (tertiary/aromatic N) is 2. The number of aromatic amines is 1. The van der Waals surface area contributed by atoms with Gasteiger partial charge in [-0.1, -0.05) is 13.8 Å². The maximum absolute atomic E-state index is 13.0. The SMILES string of the molecule is Cc1[nH]c2ccc(C(=O)N3CCC(C(=O)NCC(C)(C)CN(C)C)CC3)cc2c1C. The highest BCUT2D eigenvalue weighted by Crippen LogP contribution is 2.25. The Morgan fingerprint density at radius 3 is 2.50 bits per heavy atom. The van der Waals surface area contributed by atoms with E-state index in [1.54, 1.807) is 0 Å². The van der Waals surface area contributed by atoms with Gasteiger partial charge < -0.3 is 20.1 Å². The summed E-state index contributed by atoms with van der Waals surface area (Å²) in [7, 11) is 4.10. The highest BCUT2D eigenvalue weighted by molar-refractivity contribution is 5.99. The molecule has 1 aliphatic heterocycles. The number of carbonyl (C=O) groups excluding carboxylic acids is 2. The molecular weight excluding hydrogens is 376 g/mol. The van der Waals surface area contributed by atoms with Crippen LogP contribution in [-0.4, -0.2) is 66.9 Å². The summed E-state index contributed by atoms with van der Waals surface area (Å²) in [5, 5.41) is 4.23. The minimum atomic E-state index is -0.0127. The zero-order valence-corrected chi connectivity index (χ0v) is 19.3. The number of H-pyrrole nitrogens is 1. The Hall–Kier alpha value is -2.34. The molecule has 0 aliphatic carbocycles. The normalized spacial score (nSPS) is 15.8. The summed E-state index contributed by atoms with van der Waals surface area (Å²) in [4.78, 5) is 33.0. The van der Waals surface area contributed by atoms with Crippen molar-refractivity contribution in [3.05, 3.63) is 35.0 Å². The summed E-state index contributed by atoms with van der Waals surface area (Å²) >= 11 is 0. The average molecular weight is 413 g/mol. The molecule has 2 heterocycles. The lowest BCUT2D eigenvalue weighted by molar-refractivity contribution is -0.126. The molecule has 3 rings (SSSR count). The van der Waals surface area contributed by atoms with Gasteiger partial charge in [-0.2, -0.15) is 0 Å². The number of aromatic nitrogens is 1. The minimum absolute atomic E-state index is 0.0127. The molecule has 164 valence electrons. The van der Waals surface area contributed by atoms with Crippen molar-refractivity contribution in [2.24, 2.45) is 11.3 Å². The Labute approximate surface area is 180 Å².